The number of carbonyl (C=O) groups excluding carboxylic acids is 1. The van der Waals surface area contributed by atoms with E-state index >= 15 is 0 Å². The lowest BCUT2D eigenvalue weighted by Gasteiger charge is -2.31. The third-order valence-corrected chi connectivity index (χ3v) is 6.14. The van der Waals surface area contributed by atoms with Gasteiger partial charge < -0.3 is 14.4 Å². The van der Waals surface area contributed by atoms with E-state index in [1.165, 1.54) is 0 Å². The summed E-state index contributed by atoms with van der Waals surface area (Å²) in [5, 5.41) is 0. The van der Waals surface area contributed by atoms with Gasteiger partial charge in [-0.3, -0.25) is 9.78 Å². The average Bonchev–Trinajstić information content (AvgIpc) is 3.32. The van der Waals surface area contributed by atoms with Crippen molar-refractivity contribution in [3.8, 4) is 22.6 Å². The van der Waals surface area contributed by atoms with Crippen molar-refractivity contribution < 1.29 is 14.3 Å². The van der Waals surface area contributed by atoms with Crippen molar-refractivity contribution in [3.05, 3.63) is 66.0 Å². The summed E-state index contributed by atoms with van der Waals surface area (Å²) in [6.45, 7) is 5.89. The van der Waals surface area contributed by atoms with Crippen LogP contribution in [0.3, 0.4) is 0 Å². The number of aromatic nitrogens is 3. The largest absolute Gasteiger partial charge is 0.454 e. The predicted octanol–water partition coefficient (Wildman–Crippen LogP) is 4.41. The van der Waals surface area contributed by atoms with Crippen LogP contribution < -0.4 is 9.47 Å². The zero-order valence-corrected chi connectivity index (χ0v) is 18.3. The summed E-state index contributed by atoms with van der Waals surface area (Å²) in [6, 6.07) is 9.35. The Morgan fingerprint density at radius 2 is 1.81 bits per heavy atom. The molecule has 0 aliphatic carbocycles. The molecule has 0 atom stereocenters. The Balaban J connectivity index is 1.30. The van der Waals surface area contributed by atoms with Crippen LogP contribution in [0.1, 0.15) is 60.4 Å². The topological polar surface area (TPSA) is 77.4 Å². The molecule has 0 saturated carbocycles. The first-order valence-corrected chi connectivity index (χ1v) is 11.1. The van der Waals surface area contributed by atoms with E-state index in [9.17, 15) is 4.79 Å². The van der Waals surface area contributed by atoms with E-state index in [4.69, 9.17) is 19.4 Å². The van der Waals surface area contributed by atoms with Crippen molar-refractivity contribution in [2.45, 2.75) is 38.5 Å². The van der Waals surface area contributed by atoms with Crippen molar-refractivity contribution in [1.29, 1.82) is 0 Å². The SMILES string of the molecule is CC(C)c1nc(C2CCN(C(=O)c3ccc4c(c3)OCO4)CC2)ncc1-c1ccncc1. The highest BCUT2D eigenvalue weighted by atomic mass is 16.7. The monoisotopic (exact) mass is 430 g/mol. The Morgan fingerprint density at radius 3 is 2.56 bits per heavy atom. The van der Waals surface area contributed by atoms with Crippen LogP contribution in [0.2, 0.25) is 0 Å². The van der Waals surface area contributed by atoms with Gasteiger partial charge in [-0.15, -0.1) is 0 Å². The van der Waals surface area contributed by atoms with Gasteiger partial charge in [0.15, 0.2) is 11.5 Å². The van der Waals surface area contributed by atoms with Gasteiger partial charge in [0.05, 0.1) is 5.69 Å². The van der Waals surface area contributed by atoms with Gasteiger partial charge in [-0.05, 0) is 54.7 Å². The summed E-state index contributed by atoms with van der Waals surface area (Å²) in [4.78, 5) is 28.7. The Hall–Kier alpha value is -3.48. The molecule has 4 heterocycles. The van der Waals surface area contributed by atoms with Crippen LogP contribution in [-0.4, -0.2) is 45.6 Å². The summed E-state index contributed by atoms with van der Waals surface area (Å²) in [5.41, 5.74) is 3.83. The lowest BCUT2D eigenvalue weighted by molar-refractivity contribution is 0.0710. The molecule has 32 heavy (non-hydrogen) atoms. The Bertz CT molecular complexity index is 1130. The summed E-state index contributed by atoms with van der Waals surface area (Å²) in [7, 11) is 0. The van der Waals surface area contributed by atoms with E-state index in [-0.39, 0.29) is 24.5 Å². The van der Waals surface area contributed by atoms with Crippen LogP contribution >= 0.6 is 0 Å². The smallest absolute Gasteiger partial charge is 0.253 e. The van der Waals surface area contributed by atoms with Crippen LogP contribution in [0, 0.1) is 0 Å². The zero-order valence-electron chi connectivity index (χ0n) is 18.3. The Labute approximate surface area is 187 Å². The number of piperidine rings is 1. The summed E-state index contributed by atoms with van der Waals surface area (Å²) >= 11 is 0. The zero-order chi connectivity index (χ0) is 22.1. The molecule has 1 saturated heterocycles. The van der Waals surface area contributed by atoms with Crippen molar-refractivity contribution >= 4 is 5.91 Å². The number of rotatable bonds is 4. The first kappa shape index (κ1) is 20.4. The minimum Gasteiger partial charge on any atom is -0.454 e. The van der Waals surface area contributed by atoms with Gasteiger partial charge in [0, 0.05) is 48.7 Å². The standard InChI is InChI=1S/C25H26N4O3/c1-16(2)23-20(17-5-9-26-10-6-17)14-27-24(28-23)18-7-11-29(12-8-18)25(30)19-3-4-21-22(13-19)32-15-31-21/h3-6,9-10,13-14,16,18H,7-8,11-12,15H2,1-2H3. The number of pyridine rings is 1. The Morgan fingerprint density at radius 1 is 1.06 bits per heavy atom. The third kappa shape index (κ3) is 3.90. The quantitative estimate of drug-likeness (QED) is 0.610. The molecule has 164 valence electrons. The van der Waals surface area contributed by atoms with Crippen LogP contribution in [0.15, 0.2) is 48.9 Å². The normalized spacial score (nSPS) is 15.9. The predicted molar refractivity (Wildman–Crippen MR) is 120 cm³/mol. The number of ether oxygens (including phenoxy) is 2. The molecule has 2 aromatic heterocycles. The molecule has 1 fully saturated rings. The number of likely N-dealkylation sites (tertiary alicyclic amines) is 1. The van der Waals surface area contributed by atoms with Crippen molar-refractivity contribution in [1.82, 2.24) is 19.9 Å². The molecule has 7 nitrogen and oxygen atoms in total. The molecule has 7 heteroatoms. The maximum absolute atomic E-state index is 13.0. The summed E-state index contributed by atoms with van der Waals surface area (Å²) in [5.74, 6) is 2.76. The van der Waals surface area contributed by atoms with Gasteiger partial charge in [0.2, 0.25) is 6.79 Å². The lowest BCUT2D eigenvalue weighted by Crippen LogP contribution is -2.38. The number of benzene rings is 1. The van der Waals surface area contributed by atoms with E-state index in [0.717, 1.165) is 35.5 Å². The molecular formula is C25H26N4O3. The highest BCUT2D eigenvalue weighted by Crippen LogP contribution is 2.34. The molecule has 0 N–H and O–H groups in total. The molecule has 0 unspecified atom stereocenters. The van der Waals surface area contributed by atoms with Gasteiger partial charge in [0.1, 0.15) is 5.82 Å². The minimum absolute atomic E-state index is 0.0265. The van der Waals surface area contributed by atoms with Crippen molar-refractivity contribution in [2.75, 3.05) is 19.9 Å². The van der Waals surface area contributed by atoms with Crippen LogP contribution in [0.4, 0.5) is 0 Å². The van der Waals surface area contributed by atoms with Gasteiger partial charge in [0.25, 0.3) is 5.91 Å². The number of hydrogen-bond donors (Lipinski definition) is 0. The number of fused-ring (bicyclic) bond motifs is 1. The van der Waals surface area contributed by atoms with E-state index in [1.54, 1.807) is 30.6 Å². The molecule has 0 radical (unpaired) electrons. The maximum Gasteiger partial charge on any atom is 0.253 e. The summed E-state index contributed by atoms with van der Waals surface area (Å²) in [6.07, 6.45) is 7.22. The first-order valence-electron chi connectivity index (χ1n) is 11.1. The molecular weight excluding hydrogens is 404 g/mol. The molecule has 5 rings (SSSR count). The van der Waals surface area contributed by atoms with Crippen molar-refractivity contribution in [3.63, 3.8) is 0 Å². The second kappa shape index (κ2) is 8.57. The number of hydrogen-bond acceptors (Lipinski definition) is 6. The molecule has 0 spiro atoms. The van der Waals surface area contributed by atoms with E-state index in [2.05, 4.69) is 18.8 Å². The third-order valence-electron chi connectivity index (χ3n) is 6.14. The second-order valence-corrected chi connectivity index (χ2v) is 8.55. The number of nitrogens with zero attached hydrogens (tertiary/aromatic N) is 4. The average molecular weight is 431 g/mol. The minimum atomic E-state index is 0.0265. The second-order valence-electron chi connectivity index (χ2n) is 8.55. The fraction of sp³-hybridized carbons (Fsp3) is 0.360. The number of amides is 1. The lowest BCUT2D eigenvalue weighted by atomic mass is 9.94. The fourth-order valence-corrected chi connectivity index (χ4v) is 4.35. The van der Waals surface area contributed by atoms with Gasteiger partial charge in [-0.1, -0.05) is 13.8 Å². The van der Waals surface area contributed by atoms with Crippen LogP contribution in [-0.2, 0) is 0 Å². The molecule has 3 aromatic rings. The van der Waals surface area contributed by atoms with Gasteiger partial charge >= 0.3 is 0 Å². The molecule has 1 amide bonds. The Kier molecular flexibility index (Phi) is 5.47. The highest BCUT2D eigenvalue weighted by Gasteiger charge is 2.28. The maximum atomic E-state index is 13.0. The van der Waals surface area contributed by atoms with E-state index in [0.29, 0.717) is 30.2 Å². The van der Waals surface area contributed by atoms with Crippen LogP contribution in [0.5, 0.6) is 11.5 Å². The number of carbonyl (C=O) groups is 1. The van der Waals surface area contributed by atoms with Gasteiger partial charge in [-0.25, -0.2) is 9.97 Å². The van der Waals surface area contributed by atoms with Gasteiger partial charge in [-0.2, -0.15) is 0 Å². The molecule has 0 bridgehead atoms. The van der Waals surface area contributed by atoms with E-state index < -0.39 is 0 Å². The van der Waals surface area contributed by atoms with Crippen LogP contribution in [0.25, 0.3) is 11.1 Å². The fourth-order valence-electron chi connectivity index (χ4n) is 4.35. The molecule has 2 aliphatic heterocycles. The highest BCUT2D eigenvalue weighted by molar-refractivity contribution is 5.95. The summed E-state index contributed by atoms with van der Waals surface area (Å²) < 4.78 is 10.8. The van der Waals surface area contributed by atoms with Crippen molar-refractivity contribution in [2.24, 2.45) is 0 Å². The molecule has 1 aromatic carbocycles. The molecule has 2 aliphatic rings. The van der Waals surface area contributed by atoms with E-state index in [1.807, 2.05) is 23.2 Å². The first-order chi connectivity index (χ1) is 15.6.